The maximum Gasteiger partial charge on any atom is 0.0701 e. The standard InChI is InChI=1S/C15H16BrNS/c16-14-8-13(9-18-14)15(17)12-6-2-5-11(7-12)10-3-1-4-10/h2,5-10,15H,1,3-4,17H2. The van der Waals surface area contributed by atoms with E-state index in [1.807, 2.05) is 0 Å². The second kappa shape index (κ2) is 5.16. The number of benzene rings is 1. The Kier molecular flexibility index (Phi) is 3.55. The third-order valence-electron chi connectivity index (χ3n) is 3.79. The molecule has 3 rings (SSSR count). The molecule has 1 aliphatic rings. The van der Waals surface area contributed by atoms with Crippen LogP contribution in [0.25, 0.3) is 0 Å². The summed E-state index contributed by atoms with van der Waals surface area (Å²) in [5.74, 6) is 0.770. The van der Waals surface area contributed by atoms with Crippen LogP contribution in [0.3, 0.4) is 0 Å². The van der Waals surface area contributed by atoms with E-state index >= 15 is 0 Å². The molecule has 1 aromatic heterocycles. The van der Waals surface area contributed by atoms with Gasteiger partial charge in [-0.3, -0.25) is 0 Å². The Morgan fingerprint density at radius 3 is 2.67 bits per heavy atom. The second-order valence-corrected chi connectivity index (χ2v) is 7.25. The highest BCUT2D eigenvalue weighted by atomic mass is 79.9. The minimum atomic E-state index is -0.00687. The molecule has 1 fully saturated rings. The summed E-state index contributed by atoms with van der Waals surface area (Å²) in [4.78, 5) is 0. The van der Waals surface area contributed by atoms with Crippen LogP contribution in [-0.2, 0) is 0 Å². The van der Waals surface area contributed by atoms with Crippen molar-refractivity contribution in [3.63, 3.8) is 0 Å². The second-order valence-electron chi connectivity index (χ2n) is 4.96. The molecule has 1 atom stereocenters. The van der Waals surface area contributed by atoms with Crippen LogP contribution in [0.4, 0.5) is 0 Å². The highest BCUT2D eigenvalue weighted by molar-refractivity contribution is 9.11. The number of thiophene rings is 1. The molecule has 1 aromatic carbocycles. The van der Waals surface area contributed by atoms with Crippen molar-refractivity contribution in [2.24, 2.45) is 5.73 Å². The average molecular weight is 322 g/mol. The number of rotatable bonds is 3. The van der Waals surface area contributed by atoms with Gasteiger partial charge in [0.25, 0.3) is 0 Å². The van der Waals surface area contributed by atoms with Crippen LogP contribution in [0.5, 0.6) is 0 Å². The molecule has 18 heavy (non-hydrogen) atoms. The molecule has 2 aromatic rings. The van der Waals surface area contributed by atoms with Crippen LogP contribution in [0, 0.1) is 0 Å². The quantitative estimate of drug-likeness (QED) is 0.861. The first-order valence-corrected chi connectivity index (χ1v) is 8.00. The zero-order chi connectivity index (χ0) is 12.5. The summed E-state index contributed by atoms with van der Waals surface area (Å²) in [7, 11) is 0. The molecule has 94 valence electrons. The van der Waals surface area contributed by atoms with Gasteiger partial charge >= 0.3 is 0 Å². The minimum Gasteiger partial charge on any atom is -0.320 e. The first-order valence-electron chi connectivity index (χ1n) is 6.33. The Hall–Kier alpha value is -0.640. The molecule has 0 saturated heterocycles. The van der Waals surface area contributed by atoms with Gasteiger partial charge in [-0.1, -0.05) is 30.7 Å². The van der Waals surface area contributed by atoms with Gasteiger partial charge in [0.15, 0.2) is 0 Å². The molecule has 3 heteroatoms. The van der Waals surface area contributed by atoms with E-state index in [4.69, 9.17) is 5.73 Å². The van der Waals surface area contributed by atoms with E-state index in [9.17, 15) is 0 Å². The molecule has 0 bridgehead atoms. The highest BCUT2D eigenvalue weighted by Crippen LogP contribution is 2.37. The van der Waals surface area contributed by atoms with Crippen LogP contribution >= 0.6 is 27.3 Å². The zero-order valence-corrected chi connectivity index (χ0v) is 12.5. The molecule has 1 unspecified atom stereocenters. The van der Waals surface area contributed by atoms with Crippen LogP contribution in [0.15, 0.2) is 39.5 Å². The summed E-state index contributed by atoms with van der Waals surface area (Å²) in [6.07, 6.45) is 4.05. The highest BCUT2D eigenvalue weighted by Gasteiger charge is 2.20. The fraction of sp³-hybridized carbons (Fsp3) is 0.333. The summed E-state index contributed by atoms with van der Waals surface area (Å²) < 4.78 is 1.14. The van der Waals surface area contributed by atoms with Crippen molar-refractivity contribution in [2.45, 2.75) is 31.2 Å². The average Bonchev–Trinajstić information content (AvgIpc) is 2.73. The van der Waals surface area contributed by atoms with E-state index in [1.165, 1.54) is 36.0 Å². The molecule has 1 heterocycles. The SMILES string of the molecule is NC(c1cccc(C2CCC2)c1)c1csc(Br)c1. The van der Waals surface area contributed by atoms with Crippen LogP contribution in [-0.4, -0.2) is 0 Å². The fourth-order valence-electron chi connectivity index (χ4n) is 2.43. The van der Waals surface area contributed by atoms with Crippen molar-refractivity contribution in [1.82, 2.24) is 0 Å². The van der Waals surface area contributed by atoms with E-state index in [1.54, 1.807) is 11.3 Å². The van der Waals surface area contributed by atoms with Gasteiger partial charge in [-0.15, -0.1) is 11.3 Å². The van der Waals surface area contributed by atoms with E-state index in [-0.39, 0.29) is 6.04 Å². The summed E-state index contributed by atoms with van der Waals surface area (Å²) in [6.45, 7) is 0. The molecule has 0 radical (unpaired) electrons. The number of nitrogens with two attached hydrogens (primary N) is 1. The molecule has 1 saturated carbocycles. The van der Waals surface area contributed by atoms with Crippen molar-refractivity contribution >= 4 is 27.3 Å². The molecule has 0 aliphatic heterocycles. The molecular weight excluding hydrogens is 306 g/mol. The van der Waals surface area contributed by atoms with Crippen LogP contribution in [0.1, 0.15) is 47.9 Å². The normalized spacial score (nSPS) is 17.4. The molecular formula is C15H16BrNS. The first-order chi connectivity index (χ1) is 8.74. The minimum absolute atomic E-state index is 0.00687. The summed E-state index contributed by atoms with van der Waals surface area (Å²) in [5, 5.41) is 2.13. The third-order valence-corrected chi connectivity index (χ3v) is 5.32. The Morgan fingerprint density at radius 2 is 2.06 bits per heavy atom. The van der Waals surface area contributed by atoms with Crippen molar-refractivity contribution in [3.05, 3.63) is 56.2 Å². The van der Waals surface area contributed by atoms with Crippen LogP contribution in [0.2, 0.25) is 0 Å². The fourth-order valence-corrected chi connectivity index (χ4v) is 3.64. The molecule has 1 aliphatic carbocycles. The Balaban J connectivity index is 1.86. The van der Waals surface area contributed by atoms with Gasteiger partial charge in [0.1, 0.15) is 0 Å². The lowest BCUT2D eigenvalue weighted by Gasteiger charge is -2.26. The topological polar surface area (TPSA) is 26.0 Å². The van der Waals surface area contributed by atoms with Gasteiger partial charge < -0.3 is 5.73 Å². The summed E-state index contributed by atoms with van der Waals surface area (Å²) in [5.41, 5.74) is 10.2. The Morgan fingerprint density at radius 1 is 1.22 bits per heavy atom. The number of halogens is 1. The zero-order valence-electron chi connectivity index (χ0n) is 10.1. The van der Waals surface area contributed by atoms with Gasteiger partial charge in [-0.2, -0.15) is 0 Å². The van der Waals surface area contributed by atoms with Gasteiger partial charge in [-0.05, 0) is 62.8 Å². The predicted molar refractivity (Wildman–Crippen MR) is 81.1 cm³/mol. The van der Waals surface area contributed by atoms with Gasteiger partial charge in [0.2, 0.25) is 0 Å². The van der Waals surface area contributed by atoms with E-state index in [2.05, 4.69) is 51.6 Å². The first kappa shape index (κ1) is 12.4. The monoisotopic (exact) mass is 321 g/mol. The maximum atomic E-state index is 6.34. The molecule has 1 nitrogen and oxygen atoms in total. The predicted octanol–water partition coefficient (Wildman–Crippen LogP) is 4.83. The lowest BCUT2D eigenvalue weighted by Crippen LogP contribution is -2.13. The van der Waals surface area contributed by atoms with E-state index in [0.29, 0.717) is 0 Å². The Bertz CT molecular complexity index is 545. The van der Waals surface area contributed by atoms with Crippen molar-refractivity contribution in [2.75, 3.05) is 0 Å². The smallest absolute Gasteiger partial charge is 0.0701 e. The molecule has 0 amide bonds. The lowest BCUT2D eigenvalue weighted by molar-refractivity contribution is 0.419. The largest absolute Gasteiger partial charge is 0.320 e. The number of hydrogen-bond acceptors (Lipinski definition) is 2. The summed E-state index contributed by atoms with van der Waals surface area (Å²) in [6, 6.07) is 10.9. The van der Waals surface area contributed by atoms with Gasteiger partial charge in [0, 0.05) is 0 Å². The molecule has 0 spiro atoms. The molecule has 2 N–H and O–H groups in total. The lowest BCUT2D eigenvalue weighted by atomic mass is 9.79. The summed E-state index contributed by atoms with van der Waals surface area (Å²) >= 11 is 5.18. The van der Waals surface area contributed by atoms with E-state index < -0.39 is 0 Å². The van der Waals surface area contributed by atoms with E-state index in [0.717, 1.165) is 9.70 Å². The third kappa shape index (κ3) is 2.40. The van der Waals surface area contributed by atoms with Gasteiger partial charge in [0.05, 0.1) is 9.83 Å². The van der Waals surface area contributed by atoms with Gasteiger partial charge in [-0.25, -0.2) is 0 Å². The maximum absolute atomic E-state index is 6.34. The number of hydrogen-bond donors (Lipinski definition) is 1. The van der Waals surface area contributed by atoms with Crippen molar-refractivity contribution in [1.29, 1.82) is 0 Å². The van der Waals surface area contributed by atoms with Crippen molar-refractivity contribution in [3.8, 4) is 0 Å². The van der Waals surface area contributed by atoms with Crippen LogP contribution < -0.4 is 5.73 Å². The van der Waals surface area contributed by atoms with Crippen molar-refractivity contribution < 1.29 is 0 Å². The Labute approximate surface area is 120 Å².